The van der Waals surface area contributed by atoms with E-state index in [1.807, 2.05) is 37.3 Å². The van der Waals surface area contributed by atoms with Gasteiger partial charge in [0.15, 0.2) is 5.01 Å². The molecule has 0 aliphatic carbocycles. The molecule has 0 spiro atoms. The first-order valence-electron chi connectivity index (χ1n) is 8.26. The number of hydrogen-bond acceptors (Lipinski definition) is 7. The van der Waals surface area contributed by atoms with Crippen LogP contribution in [0.15, 0.2) is 64.8 Å². The van der Waals surface area contributed by atoms with Crippen LogP contribution in [0.25, 0.3) is 23.0 Å². The minimum Gasteiger partial charge on any atom is -0.343 e. The van der Waals surface area contributed by atoms with Crippen molar-refractivity contribution in [2.45, 2.75) is 13.0 Å². The molecule has 3 aromatic heterocycles. The minimum atomic E-state index is -0.239. The maximum absolute atomic E-state index is 12.5. The Labute approximate surface area is 159 Å². The van der Waals surface area contributed by atoms with Crippen LogP contribution in [0.3, 0.4) is 0 Å². The number of amides is 1. The van der Waals surface area contributed by atoms with Crippen LogP contribution in [-0.4, -0.2) is 26.0 Å². The summed E-state index contributed by atoms with van der Waals surface area (Å²) in [4.78, 5) is 25.1. The van der Waals surface area contributed by atoms with Crippen molar-refractivity contribution in [1.82, 2.24) is 25.4 Å². The van der Waals surface area contributed by atoms with Gasteiger partial charge < -0.3 is 9.84 Å². The summed E-state index contributed by atoms with van der Waals surface area (Å²) in [6, 6.07) is 13.2. The van der Waals surface area contributed by atoms with E-state index in [2.05, 4.69) is 25.4 Å². The van der Waals surface area contributed by atoms with Crippen molar-refractivity contribution in [1.29, 1.82) is 0 Å². The van der Waals surface area contributed by atoms with Gasteiger partial charge in [-0.3, -0.25) is 9.78 Å². The second-order valence-electron chi connectivity index (χ2n) is 5.80. The van der Waals surface area contributed by atoms with Crippen LogP contribution in [0.1, 0.15) is 28.3 Å². The molecule has 1 aromatic carbocycles. The summed E-state index contributed by atoms with van der Waals surface area (Å²) in [5.74, 6) is 0.480. The molecule has 4 rings (SSSR count). The van der Waals surface area contributed by atoms with Gasteiger partial charge >= 0.3 is 0 Å². The van der Waals surface area contributed by atoms with E-state index in [0.29, 0.717) is 16.5 Å². The Morgan fingerprint density at radius 1 is 1.11 bits per heavy atom. The van der Waals surface area contributed by atoms with Crippen LogP contribution in [0.5, 0.6) is 0 Å². The monoisotopic (exact) mass is 377 g/mol. The lowest BCUT2D eigenvalue weighted by Crippen LogP contribution is -2.26. The molecule has 0 bridgehead atoms. The van der Waals surface area contributed by atoms with E-state index >= 15 is 0 Å². The van der Waals surface area contributed by atoms with Crippen molar-refractivity contribution in [3.8, 4) is 23.0 Å². The molecule has 0 saturated carbocycles. The molecule has 1 unspecified atom stereocenters. The summed E-state index contributed by atoms with van der Waals surface area (Å²) in [6.07, 6.45) is 3.31. The fourth-order valence-corrected chi connectivity index (χ4v) is 3.20. The van der Waals surface area contributed by atoms with E-state index < -0.39 is 0 Å². The van der Waals surface area contributed by atoms with Gasteiger partial charge in [-0.05, 0) is 24.6 Å². The molecule has 1 atom stereocenters. The standard InChI is InChI=1S/C19H15N5O2S/c1-12(13-5-3-2-4-6-13)21-17(25)19-22-15(11-27-19)18-23-16(24-26-18)14-7-9-20-10-8-14/h2-12H,1H3,(H,21,25). The van der Waals surface area contributed by atoms with Gasteiger partial charge in [0.05, 0.1) is 6.04 Å². The van der Waals surface area contributed by atoms with E-state index in [4.69, 9.17) is 4.52 Å². The van der Waals surface area contributed by atoms with Crippen molar-refractivity contribution in [2.75, 3.05) is 0 Å². The zero-order chi connectivity index (χ0) is 18.6. The molecule has 1 N–H and O–H groups in total. The van der Waals surface area contributed by atoms with Gasteiger partial charge in [0, 0.05) is 23.3 Å². The summed E-state index contributed by atoms with van der Waals surface area (Å²) < 4.78 is 5.28. The number of hydrogen-bond donors (Lipinski definition) is 1. The third kappa shape index (κ3) is 3.75. The highest BCUT2D eigenvalue weighted by molar-refractivity contribution is 7.12. The maximum atomic E-state index is 12.5. The predicted molar refractivity (Wildman–Crippen MR) is 101 cm³/mol. The zero-order valence-electron chi connectivity index (χ0n) is 14.4. The quantitative estimate of drug-likeness (QED) is 0.569. The number of rotatable bonds is 5. The summed E-state index contributed by atoms with van der Waals surface area (Å²) in [5, 5.41) is 8.97. The fourth-order valence-electron chi connectivity index (χ4n) is 2.51. The molecule has 7 nitrogen and oxygen atoms in total. The van der Waals surface area contributed by atoms with Crippen molar-refractivity contribution in [3.05, 3.63) is 70.8 Å². The second kappa shape index (κ2) is 7.46. The Kier molecular flexibility index (Phi) is 4.71. The Morgan fingerprint density at radius 2 is 1.89 bits per heavy atom. The number of nitrogens with zero attached hydrogens (tertiary/aromatic N) is 4. The van der Waals surface area contributed by atoms with Gasteiger partial charge in [-0.1, -0.05) is 35.5 Å². The Bertz CT molecular complexity index is 1050. The molecule has 0 saturated heterocycles. The van der Waals surface area contributed by atoms with E-state index in [1.54, 1.807) is 29.9 Å². The van der Waals surface area contributed by atoms with Gasteiger partial charge in [-0.2, -0.15) is 4.98 Å². The predicted octanol–water partition coefficient (Wildman–Crippen LogP) is 3.75. The van der Waals surface area contributed by atoms with E-state index in [9.17, 15) is 4.79 Å². The third-order valence-corrected chi connectivity index (χ3v) is 4.77. The van der Waals surface area contributed by atoms with E-state index in [-0.39, 0.29) is 17.8 Å². The SMILES string of the molecule is CC(NC(=O)c1nc(-c2nc(-c3ccncc3)no2)cs1)c1ccccc1. The van der Waals surface area contributed by atoms with Crippen molar-refractivity contribution in [3.63, 3.8) is 0 Å². The zero-order valence-corrected chi connectivity index (χ0v) is 15.2. The first-order chi connectivity index (χ1) is 13.2. The van der Waals surface area contributed by atoms with Crippen molar-refractivity contribution < 1.29 is 9.32 Å². The molecular formula is C19H15N5O2S. The Hall–Kier alpha value is -3.39. The summed E-state index contributed by atoms with van der Waals surface area (Å²) >= 11 is 1.23. The number of pyridine rings is 1. The lowest BCUT2D eigenvalue weighted by molar-refractivity contribution is 0.0939. The molecule has 0 radical (unpaired) electrons. The second-order valence-corrected chi connectivity index (χ2v) is 6.66. The minimum absolute atomic E-state index is 0.118. The molecule has 1 amide bonds. The van der Waals surface area contributed by atoms with Crippen LogP contribution in [0.2, 0.25) is 0 Å². The van der Waals surface area contributed by atoms with Gasteiger partial charge in [-0.25, -0.2) is 4.98 Å². The van der Waals surface area contributed by atoms with E-state index in [1.165, 1.54) is 11.3 Å². The molecule has 0 aliphatic heterocycles. The average Bonchev–Trinajstić information content (AvgIpc) is 3.39. The smallest absolute Gasteiger partial charge is 0.280 e. The molecule has 0 fully saturated rings. The lowest BCUT2D eigenvalue weighted by atomic mass is 10.1. The number of thiazole rings is 1. The van der Waals surface area contributed by atoms with Crippen LogP contribution in [-0.2, 0) is 0 Å². The van der Waals surface area contributed by atoms with Crippen LogP contribution < -0.4 is 5.32 Å². The Morgan fingerprint density at radius 3 is 2.67 bits per heavy atom. The van der Waals surface area contributed by atoms with Crippen molar-refractivity contribution in [2.24, 2.45) is 0 Å². The maximum Gasteiger partial charge on any atom is 0.280 e. The largest absolute Gasteiger partial charge is 0.343 e. The topological polar surface area (TPSA) is 93.8 Å². The number of carbonyl (C=O) groups excluding carboxylic acids is 1. The normalized spacial score (nSPS) is 11.9. The molecule has 4 aromatic rings. The van der Waals surface area contributed by atoms with Crippen LogP contribution in [0.4, 0.5) is 0 Å². The molecule has 3 heterocycles. The third-order valence-electron chi connectivity index (χ3n) is 3.93. The average molecular weight is 377 g/mol. The van der Waals surface area contributed by atoms with Crippen molar-refractivity contribution >= 4 is 17.2 Å². The number of aromatic nitrogens is 4. The Balaban J connectivity index is 1.49. The highest BCUT2D eigenvalue weighted by atomic mass is 32.1. The highest BCUT2D eigenvalue weighted by Crippen LogP contribution is 2.24. The summed E-state index contributed by atoms with van der Waals surface area (Å²) in [5.41, 5.74) is 2.30. The molecule has 0 aliphatic rings. The number of nitrogens with one attached hydrogen (secondary N) is 1. The van der Waals surface area contributed by atoms with E-state index in [0.717, 1.165) is 11.1 Å². The van der Waals surface area contributed by atoms with Gasteiger partial charge in [0.1, 0.15) is 5.69 Å². The molecule has 8 heteroatoms. The summed E-state index contributed by atoms with van der Waals surface area (Å²) in [6.45, 7) is 1.93. The first kappa shape index (κ1) is 17.0. The number of carbonyl (C=O) groups is 1. The fraction of sp³-hybridized carbons (Fsp3) is 0.105. The van der Waals surface area contributed by atoms with Crippen LogP contribution >= 0.6 is 11.3 Å². The first-order valence-corrected chi connectivity index (χ1v) is 9.14. The summed E-state index contributed by atoms with van der Waals surface area (Å²) in [7, 11) is 0. The van der Waals surface area contributed by atoms with Gasteiger partial charge in [0.2, 0.25) is 5.82 Å². The van der Waals surface area contributed by atoms with Crippen LogP contribution in [0, 0.1) is 0 Å². The molecule has 27 heavy (non-hydrogen) atoms. The molecule has 134 valence electrons. The van der Waals surface area contributed by atoms with Gasteiger partial charge in [0.25, 0.3) is 11.8 Å². The lowest BCUT2D eigenvalue weighted by Gasteiger charge is -2.12. The molecular weight excluding hydrogens is 362 g/mol. The number of benzene rings is 1. The van der Waals surface area contributed by atoms with Gasteiger partial charge in [-0.15, -0.1) is 11.3 Å². The highest BCUT2D eigenvalue weighted by Gasteiger charge is 2.18.